The molecule has 1 saturated carbocycles. The third-order valence-electron chi connectivity index (χ3n) is 3.69. The Kier molecular flexibility index (Phi) is 5.01. The van der Waals surface area contributed by atoms with Gasteiger partial charge in [0.05, 0.1) is 6.10 Å². The molecule has 0 radical (unpaired) electrons. The molecule has 0 saturated heterocycles. The maximum atomic E-state index is 12.2. The summed E-state index contributed by atoms with van der Waals surface area (Å²) in [5, 5.41) is 6.34. The van der Waals surface area contributed by atoms with Crippen LogP contribution in [-0.4, -0.2) is 31.2 Å². The van der Waals surface area contributed by atoms with Gasteiger partial charge in [0, 0.05) is 30.4 Å². The van der Waals surface area contributed by atoms with E-state index in [0.29, 0.717) is 6.10 Å². The number of benzene rings is 1. The van der Waals surface area contributed by atoms with E-state index < -0.39 is 0 Å². The highest BCUT2D eigenvalue weighted by Gasteiger charge is 2.30. The first kappa shape index (κ1) is 14.9. The zero-order chi connectivity index (χ0) is 14.5. The molecule has 0 spiro atoms. The van der Waals surface area contributed by atoms with Crippen molar-refractivity contribution in [2.75, 3.05) is 18.5 Å². The number of carbonyl (C=O) groups excluding carboxylic acids is 1. The average Bonchev–Trinajstić information content (AvgIpc) is 2.38. The minimum absolute atomic E-state index is 0.0103. The van der Waals surface area contributed by atoms with Gasteiger partial charge in [-0.2, -0.15) is 0 Å². The average molecular weight is 276 g/mol. The summed E-state index contributed by atoms with van der Waals surface area (Å²) in [5.74, 6) is 0.0103. The number of ether oxygens (including phenoxy) is 1. The van der Waals surface area contributed by atoms with Crippen LogP contribution in [0.15, 0.2) is 18.2 Å². The van der Waals surface area contributed by atoms with Gasteiger partial charge in [0.25, 0.3) is 5.91 Å². The van der Waals surface area contributed by atoms with Gasteiger partial charge in [-0.3, -0.25) is 4.79 Å². The van der Waals surface area contributed by atoms with E-state index in [1.165, 1.54) is 0 Å². The van der Waals surface area contributed by atoms with E-state index in [4.69, 9.17) is 4.74 Å². The first-order chi connectivity index (χ1) is 9.63. The highest BCUT2D eigenvalue weighted by molar-refractivity contribution is 5.95. The molecule has 0 aliphatic heterocycles. The molecule has 4 heteroatoms. The molecular formula is C16H24N2O2. The lowest BCUT2D eigenvalue weighted by molar-refractivity contribution is -0.00862. The number of amides is 1. The van der Waals surface area contributed by atoms with Crippen molar-refractivity contribution in [3.8, 4) is 0 Å². The van der Waals surface area contributed by atoms with Gasteiger partial charge >= 0.3 is 0 Å². The minimum atomic E-state index is 0.0103. The second-order valence-electron chi connectivity index (χ2n) is 5.28. The van der Waals surface area contributed by atoms with Crippen molar-refractivity contribution in [3.05, 3.63) is 29.3 Å². The standard InChI is InChI=1S/C16H24N2O2/c1-4-17-15-7-6-12(8-11(15)3)16(19)18-13-9-14(10-13)20-5-2/h6-8,13-14,17H,4-5,9-10H2,1-3H3,(H,18,19). The van der Waals surface area contributed by atoms with Crippen molar-refractivity contribution < 1.29 is 9.53 Å². The zero-order valence-electron chi connectivity index (χ0n) is 12.5. The number of hydrogen-bond acceptors (Lipinski definition) is 3. The van der Waals surface area contributed by atoms with Crippen molar-refractivity contribution in [1.82, 2.24) is 5.32 Å². The van der Waals surface area contributed by atoms with Crippen LogP contribution in [0, 0.1) is 6.92 Å². The van der Waals surface area contributed by atoms with Gasteiger partial charge in [-0.25, -0.2) is 0 Å². The second kappa shape index (κ2) is 6.75. The van der Waals surface area contributed by atoms with Gasteiger partial charge in [-0.15, -0.1) is 0 Å². The van der Waals surface area contributed by atoms with Crippen molar-refractivity contribution >= 4 is 11.6 Å². The Hall–Kier alpha value is -1.55. The molecule has 1 aliphatic rings. The van der Waals surface area contributed by atoms with E-state index in [1.54, 1.807) is 0 Å². The Labute approximate surface area is 120 Å². The Morgan fingerprint density at radius 1 is 1.35 bits per heavy atom. The zero-order valence-corrected chi connectivity index (χ0v) is 12.5. The number of rotatable bonds is 6. The third kappa shape index (κ3) is 3.51. The molecule has 4 nitrogen and oxygen atoms in total. The summed E-state index contributed by atoms with van der Waals surface area (Å²) in [7, 11) is 0. The normalized spacial score (nSPS) is 21.1. The molecule has 110 valence electrons. The second-order valence-corrected chi connectivity index (χ2v) is 5.28. The summed E-state index contributed by atoms with van der Waals surface area (Å²) in [6.07, 6.45) is 2.17. The predicted octanol–water partition coefficient (Wildman–Crippen LogP) is 2.72. The monoisotopic (exact) mass is 276 g/mol. The van der Waals surface area contributed by atoms with Crippen molar-refractivity contribution in [2.45, 2.75) is 45.8 Å². The molecule has 1 fully saturated rings. The van der Waals surface area contributed by atoms with Crippen LogP contribution in [0.2, 0.25) is 0 Å². The number of nitrogens with one attached hydrogen (secondary N) is 2. The summed E-state index contributed by atoms with van der Waals surface area (Å²) in [4.78, 5) is 12.2. The van der Waals surface area contributed by atoms with Crippen molar-refractivity contribution in [3.63, 3.8) is 0 Å². The lowest BCUT2D eigenvalue weighted by Crippen LogP contribution is -2.47. The van der Waals surface area contributed by atoms with Gasteiger partial charge in [-0.1, -0.05) is 0 Å². The topological polar surface area (TPSA) is 50.4 Å². The molecule has 1 aromatic carbocycles. The van der Waals surface area contributed by atoms with E-state index in [-0.39, 0.29) is 11.9 Å². The summed E-state index contributed by atoms with van der Waals surface area (Å²) < 4.78 is 5.50. The molecule has 0 aromatic heterocycles. The molecular weight excluding hydrogens is 252 g/mol. The highest BCUT2D eigenvalue weighted by Crippen LogP contribution is 2.24. The number of carbonyl (C=O) groups is 1. The predicted molar refractivity (Wildman–Crippen MR) is 81.2 cm³/mol. The molecule has 0 unspecified atom stereocenters. The quantitative estimate of drug-likeness (QED) is 0.840. The van der Waals surface area contributed by atoms with Crippen LogP contribution >= 0.6 is 0 Å². The van der Waals surface area contributed by atoms with Crippen LogP contribution in [0.3, 0.4) is 0 Å². The largest absolute Gasteiger partial charge is 0.385 e. The number of hydrogen-bond donors (Lipinski definition) is 2. The fourth-order valence-corrected chi connectivity index (χ4v) is 2.52. The lowest BCUT2D eigenvalue weighted by atomic mass is 9.89. The molecule has 20 heavy (non-hydrogen) atoms. The smallest absolute Gasteiger partial charge is 0.251 e. The fraction of sp³-hybridized carbons (Fsp3) is 0.562. The molecule has 0 bridgehead atoms. The SMILES string of the molecule is CCNc1ccc(C(=O)NC2CC(OCC)C2)cc1C. The van der Waals surface area contributed by atoms with Crippen molar-refractivity contribution in [1.29, 1.82) is 0 Å². The molecule has 0 heterocycles. The fourth-order valence-electron chi connectivity index (χ4n) is 2.52. The summed E-state index contributed by atoms with van der Waals surface area (Å²) in [6, 6.07) is 6.04. The molecule has 2 rings (SSSR count). The first-order valence-corrected chi connectivity index (χ1v) is 7.41. The van der Waals surface area contributed by atoms with Crippen LogP contribution in [-0.2, 0) is 4.74 Å². The highest BCUT2D eigenvalue weighted by atomic mass is 16.5. The lowest BCUT2D eigenvalue weighted by Gasteiger charge is -2.35. The summed E-state index contributed by atoms with van der Waals surface area (Å²) in [5.41, 5.74) is 2.91. The van der Waals surface area contributed by atoms with Gasteiger partial charge in [-0.05, 0) is 57.4 Å². The first-order valence-electron chi connectivity index (χ1n) is 7.41. The Morgan fingerprint density at radius 2 is 2.10 bits per heavy atom. The minimum Gasteiger partial charge on any atom is -0.385 e. The van der Waals surface area contributed by atoms with E-state index in [0.717, 1.165) is 42.8 Å². The van der Waals surface area contributed by atoms with Gasteiger partial charge in [0.1, 0.15) is 0 Å². The molecule has 1 aliphatic carbocycles. The van der Waals surface area contributed by atoms with E-state index in [1.807, 2.05) is 32.0 Å². The maximum Gasteiger partial charge on any atom is 0.251 e. The van der Waals surface area contributed by atoms with E-state index in [2.05, 4.69) is 17.6 Å². The number of aryl methyl sites for hydroxylation is 1. The van der Waals surface area contributed by atoms with Gasteiger partial charge in [0.15, 0.2) is 0 Å². The molecule has 1 amide bonds. The Balaban J connectivity index is 1.88. The summed E-state index contributed by atoms with van der Waals surface area (Å²) >= 11 is 0. The van der Waals surface area contributed by atoms with Gasteiger partial charge < -0.3 is 15.4 Å². The molecule has 0 atom stereocenters. The van der Waals surface area contributed by atoms with Crippen LogP contribution in [0.25, 0.3) is 0 Å². The molecule has 1 aromatic rings. The maximum absolute atomic E-state index is 12.2. The van der Waals surface area contributed by atoms with Crippen LogP contribution in [0.1, 0.15) is 42.6 Å². The Morgan fingerprint density at radius 3 is 2.70 bits per heavy atom. The summed E-state index contributed by atoms with van der Waals surface area (Å²) in [6.45, 7) is 7.71. The number of anilines is 1. The van der Waals surface area contributed by atoms with E-state index in [9.17, 15) is 4.79 Å². The Bertz CT molecular complexity index is 468. The van der Waals surface area contributed by atoms with Crippen LogP contribution in [0.4, 0.5) is 5.69 Å². The van der Waals surface area contributed by atoms with Gasteiger partial charge in [0.2, 0.25) is 0 Å². The molecule has 2 N–H and O–H groups in total. The van der Waals surface area contributed by atoms with Crippen molar-refractivity contribution in [2.24, 2.45) is 0 Å². The van der Waals surface area contributed by atoms with E-state index >= 15 is 0 Å². The third-order valence-corrected chi connectivity index (χ3v) is 3.69. The van der Waals surface area contributed by atoms with Crippen LogP contribution < -0.4 is 10.6 Å². The van der Waals surface area contributed by atoms with Crippen LogP contribution in [0.5, 0.6) is 0 Å².